The molecule has 1 rings (SSSR count). The maximum Gasteiger partial charge on any atom is 0.0906 e. The molecule has 0 bridgehead atoms. The molecule has 1 aliphatic carbocycles. The van der Waals surface area contributed by atoms with Gasteiger partial charge in [-0.05, 0) is 31.7 Å². The highest BCUT2D eigenvalue weighted by atomic mass is 19.1. The number of aliphatic hydroxyl groups is 1. The lowest BCUT2D eigenvalue weighted by molar-refractivity contribution is -0.0116. The Morgan fingerprint density at radius 2 is 2.36 bits per heavy atom. The predicted molar refractivity (Wildman–Crippen MR) is 56.0 cm³/mol. The minimum atomic E-state index is -0.534. The van der Waals surface area contributed by atoms with Gasteiger partial charge in [0.15, 0.2) is 0 Å². The molecule has 2 N–H and O–H groups in total. The SMILES string of the molecule is CC1CCCC(O)(CNCCCF)C1. The Balaban J connectivity index is 2.19. The Kier molecular flexibility index (Phi) is 4.82. The third kappa shape index (κ3) is 3.93. The molecule has 2 nitrogen and oxygen atoms in total. The van der Waals surface area contributed by atoms with Crippen LogP contribution in [0, 0.1) is 5.92 Å². The largest absolute Gasteiger partial charge is 0.389 e. The van der Waals surface area contributed by atoms with E-state index in [1.165, 1.54) is 6.42 Å². The van der Waals surface area contributed by atoms with Crippen molar-refractivity contribution in [1.29, 1.82) is 0 Å². The van der Waals surface area contributed by atoms with Crippen molar-refractivity contribution in [3.8, 4) is 0 Å². The molecular formula is C11H22FNO. The van der Waals surface area contributed by atoms with Gasteiger partial charge in [-0.1, -0.05) is 19.8 Å². The Labute approximate surface area is 85.9 Å². The quantitative estimate of drug-likeness (QED) is 0.669. The van der Waals surface area contributed by atoms with Crippen LogP contribution in [0.3, 0.4) is 0 Å². The highest BCUT2D eigenvalue weighted by Crippen LogP contribution is 2.31. The van der Waals surface area contributed by atoms with Crippen molar-refractivity contribution in [2.45, 2.75) is 44.6 Å². The van der Waals surface area contributed by atoms with Gasteiger partial charge in [0.1, 0.15) is 0 Å². The predicted octanol–water partition coefficient (Wildman–Crippen LogP) is 1.88. The van der Waals surface area contributed by atoms with E-state index in [1.807, 2.05) is 0 Å². The van der Waals surface area contributed by atoms with Gasteiger partial charge in [-0.25, -0.2) is 0 Å². The lowest BCUT2D eigenvalue weighted by Gasteiger charge is -2.35. The number of halogens is 1. The van der Waals surface area contributed by atoms with Crippen molar-refractivity contribution in [1.82, 2.24) is 5.32 Å². The van der Waals surface area contributed by atoms with E-state index in [0.717, 1.165) is 19.3 Å². The minimum Gasteiger partial charge on any atom is -0.389 e. The number of hydrogen-bond acceptors (Lipinski definition) is 2. The van der Waals surface area contributed by atoms with Crippen molar-refractivity contribution < 1.29 is 9.50 Å². The molecule has 3 heteroatoms. The summed E-state index contributed by atoms with van der Waals surface area (Å²) in [4.78, 5) is 0. The van der Waals surface area contributed by atoms with Crippen molar-refractivity contribution in [2.75, 3.05) is 19.8 Å². The molecule has 14 heavy (non-hydrogen) atoms. The normalized spacial score (nSPS) is 33.2. The highest BCUT2D eigenvalue weighted by Gasteiger charge is 2.31. The monoisotopic (exact) mass is 203 g/mol. The van der Waals surface area contributed by atoms with E-state index in [0.29, 0.717) is 25.4 Å². The van der Waals surface area contributed by atoms with Gasteiger partial charge in [-0.3, -0.25) is 4.39 Å². The van der Waals surface area contributed by atoms with Crippen LogP contribution in [0.15, 0.2) is 0 Å². The molecule has 0 aromatic heterocycles. The first-order valence-electron chi connectivity index (χ1n) is 5.65. The van der Waals surface area contributed by atoms with Crippen LogP contribution in [-0.4, -0.2) is 30.5 Å². The summed E-state index contributed by atoms with van der Waals surface area (Å²) in [6.45, 7) is 3.21. The summed E-state index contributed by atoms with van der Waals surface area (Å²) in [7, 11) is 0. The van der Waals surface area contributed by atoms with Gasteiger partial charge < -0.3 is 10.4 Å². The van der Waals surface area contributed by atoms with Gasteiger partial charge in [0.05, 0.1) is 12.3 Å². The first kappa shape index (κ1) is 11.9. The molecule has 0 aromatic carbocycles. The Morgan fingerprint density at radius 1 is 1.57 bits per heavy atom. The molecule has 0 aromatic rings. The van der Waals surface area contributed by atoms with Gasteiger partial charge in [-0.2, -0.15) is 0 Å². The summed E-state index contributed by atoms with van der Waals surface area (Å²) in [6.07, 6.45) is 4.66. The van der Waals surface area contributed by atoms with E-state index in [9.17, 15) is 9.50 Å². The molecule has 1 fully saturated rings. The van der Waals surface area contributed by atoms with E-state index >= 15 is 0 Å². The average Bonchev–Trinajstić information content (AvgIpc) is 2.12. The van der Waals surface area contributed by atoms with Crippen LogP contribution in [0.2, 0.25) is 0 Å². The molecule has 0 radical (unpaired) electrons. The van der Waals surface area contributed by atoms with Crippen molar-refractivity contribution >= 4 is 0 Å². The van der Waals surface area contributed by atoms with E-state index in [-0.39, 0.29) is 6.67 Å². The van der Waals surface area contributed by atoms with E-state index in [1.54, 1.807) is 0 Å². The second kappa shape index (κ2) is 5.66. The van der Waals surface area contributed by atoms with Crippen molar-refractivity contribution in [2.24, 2.45) is 5.92 Å². The lowest BCUT2D eigenvalue weighted by atomic mass is 9.79. The zero-order chi connectivity index (χ0) is 10.4. The van der Waals surface area contributed by atoms with Crippen LogP contribution in [0.4, 0.5) is 4.39 Å². The second-order valence-corrected chi connectivity index (χ2v) is 4.65. The number of alkyl halides is 1. The van der Waals surface area contributed by atoms with Crippen molar-refractivity contribution in [3.05, 3.63) is 0 Å². The number of hydrogen-bond donors (Lipinski definition) is 2. The van der Waals surface area contributed by atoms with Crippen molar-refractivity contribution in [3.63, 3.8) is 0 Å². The summed E-state index contributed by atoms with van der Waals surface area (Å²) in [5, 5.41) is 13.3. The van der Waals surface area contributed by atoms with Crippen LogP contribution in [0.25, 0.3) is 0 Å². The van der Waals surface area contributed by atoms with Gasteiger partial charge in [0.25, 0.3) is 0 Å². The van der Waals surface area contributed by atoms with Crippen LogP contribution in [-0.2, 0) is 0 Å². The topological polar surface area (TPSA) is 32.3 Å². The molecule has 0 heterocycles. The second-order valence-electron chi connectivity index (χ2n) is 4.65. The van der Waals surface area contributed by atoms with E-state index in [4.69, 9.17) is 0 Å². The van der Waals surface area contributed by atoms with Gasteiger partial charge in [0.2, 0.25) is 0 Å². The van der Waals surface area contributed by atoms with E-state index < -0.39 is 5.60 Å². The summed E-state index contributed by atoms with van der Waals surface area (Å²) < 4.78 is 11.8. The Hall–Kier alpha value is -0.150. The molecule has 0 amide bonds. The third-order valence-electron chi connectivity index (χ3n) is 3.01. The van der Waals surface area contributed by atoms with Crippen LogP contribution in [0.1, 0.15) is 39.0 Å². The third-order valence-corrected chi connectivity index (χ3v) is 3.01. The fourth-order valence-electron chi connectivity index (χ4n) is 2.31. The van der Waals surface area contributed by atoms with E-state index in [2.05, 4.69) is 12.2 Å². The summed E-state index contributed by atoms with van der Waals surface area (Å²) in [5.74, 6) is 0.622. The fourth-order valence-corrected chi connectivity index (χ4v) is 2.31. The summed E-state index contributed by atoms with van der Waals surface area (Å²) >= 11 is 0. The molecule has 0 saturated heterocycles. The van der Waals surface area contributed by atoms with Gasteiger partial charge in [0, 0.05) is 6.54 Å². The minimum absolute atomic E-state index is 0.276. The zero-order valence-corrected chi connectivity index (χ0v) is 9.06. The fraction of sp³-hybridized carbons (Fsp3) is 1.00. The number of nitrogens with one attached hydrogen (secondary N) is 1. The summed E-state index contributed by atoms with van der Waals surface area (Å²) in [5.41, 5.74) is -0.534. The average molecular weight is 203 g/mol. The zero-order valence-electron chi connectivity index (χ0n) is 9.06. The smallest absolute Gasteiger partial charge is 0.0906 e. The molecule has 2 unspecified atom stereocenters. The van der Waals surface area contributed by atoms with Gasteiger partial charge >= 0.3 is 0 Å². The molecule has 84 valence electrons. The summed E-state index contributed by atoms with van der Waals surface area (Å²) in [6, 6.07) is 0. The molecule has 1 aliphatic rings. The Bertz CT molecular complexity index is 165. The molecule has 0 aliphatic heterocycles. The van der Waals surface area contributed by atoms with Gasteiger partial charge in [-0.15, -0.1) is 0 Å². The molecular weight excluding hydrogens is 181 g/mol. The maximum absolute atomic E-state index is 11.8. The first-order chi connectivity index (χ1) is 6.66. The standard InChI is InChI=1S/C11H22FNO/c1-10-4-2-5-11(14,8-10)9-13-7-3-6-12/h10,13-14H,2-9H2,1H3. The van der Waals surface area contributed by atoms with Crippen LogP contribution < -0.4 is 5.32 Å². The Morgan fingerprint density at radius 3 is 3.00 bits per heavy atom. The molecule has 0 spiro atoms. The molecule has 1 saturated carbocycles. The maximum atomic E-state index is 11.8. The lowest BCUT2D eigenvalue weighted by Crippen LogP contribution is -2.44. The van der Waals surface area contributed by atoms with Crippen LogP contribution >= 0.6 is 0 Å². The first-order valence-corrected chi connectivity index (χ1v) is 5.65. The van der Waals surface area contributed by atoms with Crippen LogP contribution in [0.5, 0.6) is 0 Å². The molecule has 2 atom stereocenters. The number of rotatable bonds is 5. The highest BCUT2D eigenvalue weighted by molar-refractivity contribution is 4.86.